The molecule has 0 amide bonds. The van der Waals surface area contributed by atoms with E-state index in [4.69, 9.17) is 0 Å². The molecule has 1 atom stereocenters. The standard InChI is InChI=1S/C23H18O/c1-2-20(19-12-11-16-7-3-4-9-18(16)15-19)23-21-10-6-5-8-17(21)13-14-22(23)24/h2-15,20,24H,1H2. The van der Waals surface area contributed by atoms with Crippen LogP contribution in [0.25, 0.3) is 21.5 Å². The summed E-state index contributed by atoms with van der Waals surface area (Å²) in [7, 11) is 0. The van der Waals surface area contributed by atoms with Crippen LogP contribution < -0.4 is 0 Å². The lowest BCUT2D eigenvalue weighted by molar-refractivity contribution is 0.469. The Morgan fingerprint density at radius 2 is 1.42 bits per heavy atom. The highest BCUT2D eigenvalue weighted by Crippen LogP contribution is 2.38. The van der Waals surface area contributed by atoms with Crippen molar-refractivity contribution >= 4 is 21.5 Å². The Bertz CT molecular complexity index is 1050. The molecule has 0 radical (unpaired) electrons. The molecule has 0 bridgehead atoms. The second kappa shape index (κ2) is 5.86. The summed E-state index contributed by atoms with van der Waals surface area (Å²) in [6, 6.07) is 26.6. The fourth-order valence-electron chi connectivity index (χ4n) is 3.43. The molecular weight excluding hydrogens is 292 g/mol. The van der Waals surface area contributed by atoms with Crippen molar-refractivity contribution in [3.63, 3.8) is 0 Å². The smallest absolute Gasteiger partial charge is 0.120 e. The van der Waals surface area contributed by atoms with E-state index < -0.39 is 0 Å². The maximum absolute atomic E-state index is 10.5. The van der Waals surface area contributed by atoms with Crippen molar-refractivity contribution in [2.45, 2.75) is 5.92 Å². The Balaban J connectivity index is 1.95. The van der Waals surface area contributed by atoms with E-state index in [1.54, 1.807) is 6.07 Å². The molecule has 1 N–H and O–H groups in total. The minimum atomic E-state index is -0.0549. The monoisotopic (exact) mass is 310 g/mol. The third-order valence-corrected chi connectivity index (χ3v) is 4.63. The van der Waals surface area contributed by atoms with Crippen molar-refractivity contribution < 1.29 is 5.11 Å². The second-order valence-corrected chi connectivity index (χ2v) is 6.04. The molecule has 0 spiro atoms. The third-order valence-electron chi connectivity index (χ3n) is 4.63. The molecule has 0 aliphatic heterocycles. The highest BCUT2D eigenvalue weighted by atomic mass is 16.3. The summed E-state index contributed by atoms with van der Waals surface area (Å²) in [4.78, 5) is 0. The van der Waals surface area contributed by atoms with Crippen molar-refractivity contribution in [1.82, 2.24) is 0 Å². The molecule has 0 heterocycles. The van der Waals surface area contributed by atoms with Crippen LogP contribution in [-0.2, 0) is 0 Å². The van der Waals surface area contributed by atoms with Gasteiger partial charge in [0.05, 0.1) is 0 Å². The molecule has 0 aromatic heterocycles. The molecule has 4 aromatic rings. The Morgan fingerprint density at radius 1 is 0.750 bits per heavy atom. The topological polar surface area (TPSA) is 20.2 Å². The van der Waals surface area contributed by atoms with Crippen molar-refractivity contribution in [3.05, 3.63) is 103 Å². The number of fused-ring (bicyclic) bond motifs is 2. The van der Waals surface area contributed by atoms with E-state index in [-0.39, 0.29) is 5.92 Å². The number of phenols is 1. The first-order chi connectivity index (χ1) is 11.8. The van der Waals surface area contributed by atoms with E-state index >= 15 is 0 Å². The molecule has 116 valence electrons. The van der Waals surface area contributed by atoms with Gasteiger partial charge in [0, 0.05) is 11.5 Å². The van der Waals surface area contributed by atoms with Crippen LogP contribution in [0.15, 0.2) is 91.5 Å². The summed E-state index contributed by atoms with van der Waals surface area (Å²) in [6.07, 6.45) is 1.91. The molecule has 4 aromatic carbocycles. The van der Waals surface area contributed by atoms with Crippen molar-refractivity contribution in [2.75, 3.05) is 0 Å². The van der Waals surface area contributed by atoms with Crippen LogP contribution in [0.1, 0.15) is 17.0 Å². The predicted molar refractivity (Wildman–Crippen MR) is 102 cm³/mol. The second-order valence-electron chi connectivity index (χ2n) is 6.04. The lowest BCUT2D eigenvalue weighted by Gasteiger charge is -2.18. The van der Waals surface area contributed by atoms with E-state index in [0.717, 1.165) is 21.9 Å². The molecule has 0 aliphatic carbocycles. The van der Waals surface area contributed by atoms with Crippen LogP contribution in [0.2, 0.25) is 0 Å². The third kappa shape index (κ3) is 2.35. The maximum Gasteiger partial charge on any atom is 0.120 e. The normalized spacial score (nSPS) is 12.3. The quantitative estimate of drug-likeness (QED) is 0.459. The van der Waals surface area contributed by atoms with Crippen LogP contribution in [0, 0.1) is 0 Å². The number of hydrogen-bond acceptors (Lipinski definition) is 1. The van der Waals surface area contributed by atoms with E-state index in [1.807, 2.05) is 36.4 Å². The Hall–Kier alpha value is -3.06. The summed E-state index contributed by atoms with van der Waals surface area (Å²) >= 11 is 0. The molecule has 0 saturated heterocycles. The number of aromatic hydroxyl groups is 1. The predicted octanol–water partition coefficient (Wildman–Crippen LogP) is 6.02. The van der Waals surface area contributed by atoms with E-state index in [1.165, 1.54) is 10.8 Å². The van der Waals surface area contributed by atoms with Gasteiger partial charge in [-0.2, -0.15) is 0 Å². The summed E-state index contributed by atoms with van der Waals surface area (Å²) in [5, 5.41) is 15.1. The number of rotatable bonds is 3. The highest BCUT2D eigenvalue weighted by Gasteiger charge is 2.18. The van der Waals surface area contributed by atoms with E-state index in [9.17, 15) is 5.11 Å². The minimum absolute atomic E-state index is 0.0549. The van der Waals surface area contributed by atoms with E-state index in [0.29, 0.717) is 5.75 Å². The van der Waals surface area contributed by atoms with Crippen LogP contribution in [0.5, 0.6) is 5.75 Å². The molecule has 1 unspecified atom stereocenters. The molecule has 0 saturated carbocycles. The van der Waals surface area contributed by atoms with Crippen molar-refractivity contribution in [2.24, 2.45) is 0 Å². The Morgan fingerprint density at radius 3 is 2.21 bits per heavy atom. The zero-order valence-electron chi connectivity index (χ0n) is 13.3. The summed E-state index contributed by atoms with van der Waals surface area (Å²) < 4.78 is 0. The molecule has 0 aliphatic rings. The summed E-state index contributed by atoms with van der Waals surface area (Å²) in [6.45, 7) is 4.03. The Labute approximate surface area is 141 Å². The minimum Gasteiger partial charge on any atom is -0.508 e. The highest BCUT2D eigenvalue weighted by molar-refractivity contribution is 5.89. The lowest BCUT2D eigenvalue weighted by atomic mass is 9.86. The first-order valence-corrected chi connectivity index (χ1v) is 8.10. The van der Waals surface area contributed by atoms with Crippen LogP contribution in [0.3, 0.4) is 0 Å². The van der Waals surface area contributed by atoms with Crippen molar-refractivity contribution in [1.29, 1.82) is 0 Å². The zero-order valence-corrected chi connectivity index (χ0v) is 13.3. The van der Waals surface area contributed by atoms with Gasteiger partial charge in [-0.05, 0) is 33.2 Å². The van der Waals surface area contributed by atoms with Gasteiger partial charge in [0.2, 0.25) is 0 Å². The first kappa shape index (κ1) is 14.5. The van der Waals surface area contributed by atoms with Gasteiger partial charge >= 0.3 is 0 Å². The first-order valence-electron chi connectivity index (χ1n) is 8.10. The van der Waals surface area contributed by atoms with Gasteiger partial charge in [0.1, 0.15) is 5.75 Å². The number of benzene rings is 4. The fourth-order valence-corrected chi connectivity index (χ4v) is 3.43. The lowest BCUT2D eigenvalue weighted by Crippen LogP contribution is -1.99. The SMILES string of the molecule is C=CC(c1ccc2ccccc2c1)c1c(O)ccc2ccccc12. The van der Waals surface area contributed by atoms with Gasteiger partial charge in [-0.15, -0.1) is 6.58 Å². The molecule has 1 heteroatoms. The average molecular weight is 310 g/mol. The summed E-state index contributed by atoms with van der Waals surface area (Å²) in [5.74, 6) is 0.257. The van der Waals surface area contributed by atoms with Crippen LogP contribution in [-0.4, -0.2) is 5.11 Å². The molecule has 1 nitrogen and oxygen atoms in total. The molecule has 24 heavy (non-hydrogen) atoms. The fraction of sp³-hybridized carbons (Fsp3) is 0.0435. The van der Waals surface area contributed by atoms with Gasteiger partial charge in [-0.3, -0.25) is 0 Å². The van der Waals surface area contributed by atoms with Gasteiger partial charge in [0.15, 0.2) is 0 Å². The van der Waals surface area contributed by atoms with Crippen LogP contribution >= 0.6 is 0 Å². The van der Waals surface area contributed by atoms with Gasteiger partial charge in [0.25, 0.3) is 0 Å². The molecule has 0 fully saturated rings. The van der Waals surface area contributed by atoms with Crippen LogP contribution in [0.4, 0.5) is 0 Å². The van der Waals surface area contributed by atoms with Gasteiger partial charge < -0.3 is 5.11 Å². The largest absolute Gasteiger partial charge is 0.508 e. The molecular formula is C23H18O. The van der Waals surface area contributed by atoms with Gasteiger partial charge in [-0.25, -0.2) is 0 Å². The van der Waals surface area contributed by atoms with Crippen molar-refractivity contribution in [3.8, 4) is 5.75 Å². The maximum atomic E-state index is 10.5. The average Bonchev–Trinajstić information content (AvgIpc) is 2.64. The van der Waals surface area contributed by atoms with Gasteiger partial charge in [-0.1, -0.05) is 78.9 Å². The number of phenolic OH excluding ortho intramolecular Hbond substituents is 1. The number of hydrogen-bond donors (Lipinski definition) is 1. The number of allylic oxidation sites excluding steroid dienone is 1. The Kier molecular flexibility index (Phi) is 3.55. The molecule has 4 rings (SSSR count). The van der Waals surface area contributed by atoms with E-state index in [2.05, 4.69) is 49.0 Å². The zero-order chi connectivity index (χ0) is 16.5. The summed E-state index contributed by atoms with van der Waals surface area (Å²) in [5.41, 5.74) is 2.05.